The maximum atomic E-state index is 13.6. The summed E-state index contributed by atoms with van der Waals surface area (Å²) >= 11 is 0. The summed E-state index contributed by atoms with van der Waals surface area (Å²) in [7, 11) is 5.11. The fourth-order valence-electron chi connectivity index (χ4n) is 3.51. The van der Waals surface area contributed by atoms with Crippen molar-refractivity contribution < 1.29 is 13.5 Å². The zero-order valence-corrected chi connectivity index (χ0v) is 14.5. The zero-order valence-electron chi connectivity index (χ0n) is 14.5. The van der Waals surface area contributed by atoms with Crippen LogP contribution in [0.15, 0.2) is 47.3 Å². The van der Waals surface area contributed by atoms with Crippen LogP contribution >= 0.6 is 0 Å². The van der Waals surface area contributed by atoms with Gasteiger partial charge in [-0.3, -0.25) is 9.36 Å². The van der Waals surface area contributed by atoms with Crippen LogP contribution in [0, 0.1) is 11.6 Å². The maximum Gasteiger partial charge on any atom is 0.259 e. The van der Waals surface area contributed by atoms with E-state index in [1.807, 2.05) is 29.8 Å². The number of nitrogens with zero attached hydrogens (tertiary/aromatic N) is 2. The SMILES string of the molecule is COc1ccc2c(c1)c1cc(-c3cc(F)cc(F)c3)c(=O)n(C)c1n2C. The van der Waals surface area contributed by atoms with Crippen LogP contribution in [-0.4, -0.2) is 16.2 Å². The van der Waals surface area contributed by atoms with Crippen molar-refractivity contribution in [2.75, 3.05) is 7.11 Å². The molecule has 2 aromatic heterocycles. The van der Waals surface area contributed by atoms with Crippen molar-refractivity contribution >= 4 is 21.9 Å². The van der Waals surface area contributed by atoms with Crippen molar-refractivity contribution in [3.05, 3.63) is 64.5 Å². The summed E-state index contributed by atoms with van der Waals surface area (Å²) in [6, 6.07) is 10.5. The van der Waals surface area contributed by atoms with Crippen molar-refractivity contribution in [1.82, 2.24) is 9.13 Å². The molecule has 132 valence electrons. The van der Waals surface area contributed by atoms with Crippen LogP contribution in [0.2, 0.25) is 0 Å². The summed E-state index contributed by atoms with van der Waals surface area (Å²) in [5.41, 5.74) is 1.79. The highest BCUT2D eigenvalue weighted by Gasteiger charge is 2.17. The number of halogens is 2. The van der Waals surface area contributed by atoms with Gasteiger partial charge in [0, 0.05) is 36.5 Å². The minimum Gasteiger partial charge on any atom is -0.497 e. The second kappa shape index (κ2) is 5.69. The first-order valence-electron chi connectivity index (χ1n) is 8.03. The monoisotopic (exact) mass is 354 g/mol. The lowest BCUT2D eigenvalue weighted by atomic mass is 10.0. The van der Waals surface area contributed by atoms with Gasteiger partial charge in [-0.05, 0) is 42.0 Å². The third-order valence-corrected chi connectivity index (χ3v) is 4.73. The Morgan fingerprint density at radius 1 is 0.885 bits per heavy atom. The molecule has 0 unspecified atom stereocenters. The van der Waals surface area contributed by atoms with Gasteiger partial charge in [0.2, 0.25) is 0 Å². The second-order valence-electron chi connectivity index (χ2n) is 6.26. The lowest BCUT2D eigenvalue weighted by molar-refractivity contribution is 0.415. The first kappa shape index (κ1) is 16.3. The average Bonchev–Trinajstić information content (AvgIpc) is 2.89. The third kappa shape index (κ3) is 2.29. The lowest BCUT2D eigenvalue weighted by Gasteiger charge is -2.08. The second-order valence-corrected chi connectivity index (χ2v) is 6.26. The molecular weight excluding hydrogens is 338 g/mol. The molecule has 4 rings (SSSR count). The number of fused-ring (bicyclic) bond motifs is 3. The summed E-state index contributed by atoms with van der Waals surface area (Å²) in [5, 5.41) is 1.71. The number of aromatic nitrogens is 2. The van der Waals surface area contributed by atoms with Gasteiger partial charge in [0.05, 0.1) is 12.6 Å². The fraction of sp³-hybridized carbons (Fsp3) is 0.150. The minimum absolute atomic E-state index is 0.213. The van der Waals surface area contributed by atoms with Crippen LogP contribution in [0.4, 0.5) is 8.78 Å². The Labute approximate surface area is 147 Å². The van der Waals surface area contributed by atoms with Gasteiger partial charge in [-0.25, -0.2) is 8.78 Å². The highest BCUT2D eigenvalue weighted by molar-refractivity contribution is 6.08. The summed E-state index contributed by atoms with van der Waals surface area (Å²) in [4.78, 5) is 12.8. The first-order valence-corrected chi connectivity index (χ1v) is 8.03. The van der Waals surface area contributed by atoms with Crippen molar-refractivity contribution in [2.24, 2.45) is 14.1 Å². The Morgan fingerprint density at radius 3 is 2.23 bits per heavy atom. The number of hydrogen-bond acceptors (Lipinski definition) is 2. The topological polar surface area (TPSA) is 36.2 Å². The smallest absolute Gasteiger partial charge is 0.259 e. The Hall–Kier alpha value is -3.15. The number of aryl methyl sites for hydroxylation is 2. The van der Waals surface area contributed by atoms with Gasteiger partial charge >= 0.3 is 0 Å². The summed E-state index contributed by atoms with van der Waals surface area (Å²) < 4.78 is 36.0. The quantitative estimate of drug-likeness (QED) is 0.546. The number of pyridine rings is 1. The number of benzene rings is 2. The molecule has 0 spiro atoms. The molecule has 0 radical (unpaired) electrons. The summed E-state index contributed by atoms with van der Waals surface area (Å²) in [5.74, 6) is -0.749. The van der Waals surface area contributed by atoms with Crippen LogP contribution in [0.5, 0.6) is 5.75 Å². The van der Waals surface area contributed by atoms with E-state index in [1.54, 1.807) is 20.2 Å². The molecule has 0 aliphatic heterocycles. The molecule has 0 bridgehead atoms. The molecular formula is C20H16F2N2O2. The number of methoxy groups -OCH3 is 1. The average molecular weight is 354 g/mol. The van der Waals surface area contributed by atoms with Gasteiger partial charge in [0.1, 0.15) is 23.0 Å². The van der Waals surface area contributed by atoms with Gasteiger partial charge in [0.15, 0.2) is 0 Å². The molecule has 0 atom stereocenters. The molecule has 0 fully saturated rings. The highest BCUT2D eigenvalue weighted by atomic mass is 19.1. The molecule has 0 saturated heterocycles. The number of rotatable bonds is 2. The van der Waals surface area contributed by atoms with Gasteiger partial charge in [-0.1, -0.05) is 0 Å². The van der Waals surface area contributed by atoms with Crippen molar-refractivity contribution in [1.29, 1.82) is 0 Å². The van der Waals surface area contributed by atoms with Gasteiger partial charge in [0.25, 0.3) is 5.56 Å². The summed E-state index contributed by atoms with van der Waals surface area (Å²) in [6.07, 6.45) is 0. The lowest BCUT2D eigenvalue weighted by Crippen LogP contribution is -2.20. The maximum absolute atomic E-state index is 13.6. The molecule has 4 nitrogen and oxygen atoms in total. The van der Waals surface area contributed by atoms with E-state index >= 15 is 0 Å². The Balaban J connectivity index is 2.15. The Kier molecular flexibility index (Phi) is 3.57. The van der Waals surface area contributed by atoms with Crippen LogP contribution in [0.25, 0.3) is 33.1 Å². The molecule has 0 saturated carbocycles. The largest absolute Gasteiger partial charge is 0.497 e. The van der Waals surface area contributed by atoms with E-state index < -0.39 is 11.6 Å². The van der Waals surface area contributed by atoms with E-state index in [4.69, 9.17) is 4.74 Å². The molecule has 2 aromatic carbocycles. The minimum atomic E-state index is -0.721. The number of hydrogen-bond donors (Lipinski definition) is 0. The van der Waals surface area contributed by atoms with E-state index in [2.05, 4.69) is 0 Å². The predicted octanol–water partition coefficient (Wildman–Crippen LogP) is 3.98. The van der Waals surface area contributed by atoms with Gasteiger partial charge < -0.3 is 9.30 Å². The normalized spacial score (nSPS) is 11.4. The van der Waals surface area contributed by atoms with E-state index in [9.17, 15) is 13.6 Å². The van der Waals surface area contributed by atoms with Crippen LogP contribution in [0.3, 0.4) is 0 Å². The van der Waals surface area contributed by atoms with Crippen molar-refractivity contribution in [3.63, 3.8) is 0 Å². The molecule has 2 heterocycles. The predicted molar refractivity (Wildman–Crippen MR) is 97.6 cm³/mol. The first-order chi connectivity index (χ1) is 12.4. The third-order valence-electron chi connectivity index (χ3n) is 4.73. The van der Waals surface area contributed by atoms with E-state index in [-0.39, 0.29) is 16.7 Å². The molecule has 0 aliphatic rings. The van der Waals surface area contributed by atoms with E-state index in [0.717, 1.165) is 40.1 Å². The van der Waals surface area contributed by atoms with Crippen molar-refractivity contribution in [2.45, 2.75) is 0 Å². The molecule has 0 aliphatic carbocycles. The van der Waals surface area contributed by atoms with E-state index in [1.165, 1.54) is 4.57 Å². The molecule has 26 heavy (non-hydrogen) atoms. The highest BCUT2D eigenvalue weighted by Crippen LogP contribution is 2.32. The molecule has 0 N–H and O–H groups in total. The fourth-order valence-corrected chi connectivity index (χ4v) is 3.51. The summed E-state index contributed by atoms with van der Waals surface area (Å²) in [6.45, 7) is 0. The van der Waals surface area contributed by atoms with E-state index in [0.29, 0.717) is 5.75 Å². The van der Waals surface area contributed by atoms with Gasteiger partial charge in [-0.15, -0.1) is 0 Å². The Morgan fingerprint density at radius 2 is 1.58 bits per heavy atom. The molecule has 0 amide bonds. The van der Waals surface area contributed by atoms with Crippen molar-refractivity contribution in [3.8, 4) is 16.9 Å². The molecule has 6 heteroatoms. The van der Waals surface area contributed by atoms with Crippen LogP contribution in [0.1, 0.15) is 0 Å². The number of ether oxygens (including phenoxy) is 1. The van der Waals surface area contributed by atoms with Gasteiger partial charge in [-0.2, -0.15) is 0 Å². The zero-order chi connectivity index (χ0) is 18.6. The Bertz CT molecular complexity index is 1220. The standard InChI is InChI=1S/C20H16F2N2O2/c1-23-18-5-4-14(26-3)9-16(18)17-10-15(20(25)24(2)19(17)23)11-6-12(21)8-13(22)7-11/h4-10H,1-3H3. The van der Waals surface area contributed by atoms with Crippen LogP contribution < -0.4 is 10.3 Å². The van der Waals surface area contributed by atoms with Crippen LogP contribution in [-0.2, 0) is 14.1 Å². The molecule has 4 aromatic rings.